The highest BCUT2D eigenvalue weighted by Crippen LogP contribution is 2.35. The summed E-state index contributed by atoms with van der Waals surface area (Å²) in [4.78, 5) is 17.2. The Balaban J connectivity index is 1.92. The maximum atomic E-state index is 12.6. The second-order valence-corrected chi connectivity index (χ2v) is 7.36. The Morgan fingerprint density at radius 3 is 2.00 bits per heavy atom. The zero-order chi connectivity index (χ0) is 14.6. The van der Waals surface area contributed by atoms with Crippen molar-refractivity contribution in [3.8, 4) is 0 Å². The van der Waals surface area contributed by atoms with Crippen LogP contribution < -0.4 is 5.73 Å². The van der Waals surface area contributed by atoms with E-state index in [1.54, 1.807) is 11.8 Å². The van der Waals surface area contributed by atoms with Gasteiger partial charge in [-0.2, -0.15) is 11.8 Å². The molecule has 0 aromatic rings. The summed E-state index contributed by atoms with van der Waals surface area (Å²) in [6, 6.07) is 0.213. The molecular formula is C14H25N3OS2. The number of piperidine rings is 1. The lowest BCUT2D eigenvalue weighted by molar-refractivity contribution is 0.143. The first kappa shape index (κ1) is 15.9. The van der Waals surface area contributed by atoms with Gasteiger partial charge < -0.3 is 15.5 Å². The third kappa shape index (κ3) is 3.39. The quantitative estimate of drug-likeness (QED) is 0.795. The van der Waals surface area contributed by atoms with Crippen LogP contribution in [0.5, 0.6) is 0 Å². The molecule has 4 nitrogen and oxygen atoms in total. The molecule has 0 aromatic carbocycles. The van der Waals surface area contributed by atoms with Gasteiger partial charge in [0.15, 0.2) is 0 Å². The second-order valence-electron chi connectivity index (χ2n) is 5.73. The molecule has 2 amide bonds. The zero-order valence-electron chi connectivity index (χ0n) is 12.3. The highest BCUT2D eigenvalue weighted by Gasteiger charge is 2.38. The molecule has 0 bridgehead atoms. The Morgan fingerprint density at radius 1 is 1.05 bits per heavy atom. The lowest BCUT2D eigenvalue weighted by Crippen LogP contribution is -2.53. The number of nitrogens with zero attached hydrogens (tertiary/aromatic N) is 2. The summed E-state index contributed by atoms with van der Waals surface area (Å²) >= 11 is 6.95. The molecule has 114 valence electrons. The van der Waals surface area contributed by atoms with Crippen LogP contribution in [0.25, 0.3) is 0 Å². The summed E-state index contributed by atoms with van der Waals surface area (Å²) in [6.45, 7) is 3.37. The van der Waals surface area contributed by atoms with Crippen LogP contribution >= 0.6 is 24.0 Å². The van der Waals surface area contributed by atoms with Crippen molar-refractivity contribution in [3.63, 3.8) is 0 Å². The van der Waals surface area contributed by atoms with E-state index in [2.05, 4.69) is 6.26 Å². The number of amides is 2. The van der Waals surface area contributed by atoms with Crippen molar-refractivity contribution >= 4 is 35.0 Å². The average molecular weight is 316 g/mol. The zero-order valence-corrected chi connectivity index (χ0v) is 13.9. The predicted octanol–water partition coefficient (Wildman–Crippen LogP) is 2.47. The van der Waals surface area contributed by atoms with Gasteiger partial charge in [0.05, 0.1) is 9.74 Å². The van der Waals surface area contributed by atoms with Crippen LogP contribution in [0, 0.1) is 0 Å². The van der Waals surface area contributed by atoms with Gasteiger partial charge in [-0.3, -0.25) is 0 Å². The number of urea groups is 1. The van der Waals surface area contributed by atoms with E-state index >= 15 is 0 Å². The third-order valence-corrected chi connectivity index (χ3v) is 6.49. The monoisotopic (exact) mass is 315 g/mol. The molecule has 2 rings (SSSR count). The number of likely N-dealkylation sites (tertiary alicyclic amines) is 2. The molecule has 20 heavy (non-hydrogen) atoms. The number of thiocarbonyl (C=S) groups is 1. The molecule has 2 aliphatic heterocycles. The fraction of sp³-hybridized carbons (Fsp3) is 0.857. The van der Waals surface area contributed by atoms with Crippen molar-refractivity contribution in [1.29, 1.82) is 0 Å². The second kappa shape index (κ2) is 6.98. The van der Waals surface area contributed by atoms with Crippen LogP contribution in [-0.4, -0.2) is 58.0 Å². The van der Waals surface area contributed by atoms with Crippen LogP contribution in [0.3, 0.4) is 0 Å². The first-order chi connectivity index (χ1) is 9.59. The first-order valence-electron chi connectivity index (χ1n) is 7.48. The molecule has 0 aromatic heterocycles. The number of carbonyl (C=O) groups is 1. The molecule has 2 aliphatic rings. The van der Waals surface area contributed by atoms with Crippen LogP contribution in [0.1, 0.15) is 38.5 Å². The molecule has 0 saturated carbocycles. The summed E-state index contributed by atoms with van der Waals surface area (Å²) in [6.07, 6.45) is 8.60. The summed E-state index contributed by atoms with van der Waals surface area (Å²) in [5, 5.41) is 0. The smallest absolute Gasteiger partial charge is 0.319 e. The van der Waals surface area contributed by atoms with Crippen LogP contribution in [0.4, 0.5) is 4.79 Å². The van der Waals surface area contributed by atoms with Crippen molar-refractivity contribution in [2.45, 2.75) is 43.3 Å². The van der Waals surface area contributed by atoms with Gasteiger partial charge in [0.25, 0.3) is 0 Å². The van der Waals surface area contributed by atoms with E-state index in [0.29, 0.717) is 4.99 Å². The van der Waals surface area contributed by atoms with Gasteiger partial charge in [-0.1, -0.05) is 25.1 Å². The number of hydrogen-bond acceptors (Lipinski definition) is 3. The van der Waals surface area contributed by atoms with Crippen molar-refractivity contribution in [2.75, 3.05) is 32.4 Å². The number of thioether (sulfide) groups is 1. The minimum absolute atomic E-state index is 0.106. The van der Waals surface area contributed by atoms with E-state index < -0.39 is 0 Å². The van der Waals surface area contributed by atoms with Crippen LogP contribution in [0.2, 0.25) is 0 Å². The molecular weight excluding hydrogens is 290 g/mol. The maximum Gasteiger partial charge on any atom is 0.319 e. The van der Waals surface area contributed by atoms with E-state index in [0.717, 1.165) is 51.9 Å². The summed E-state index contributed by atoms with van der Waals surface area (Å²) in [5.74, 6) is 0. The highest BCUT2D eigenvalue weighted by molar-refractivity contribution is 8.02. The Bertz CT molecular complexity index is 359. The normalized spacial score (nSPS) is 23.2. The lowest BCUT2D eigenvalue weighted by atomic mass is 9.96. The van der Waals surface area contributed by atoms with E-state index in [4.69, 9.17) is 18.0 Å². The minimum atomic E-state index is -0.106. The molecule has 2 N–H and O–H groups in total. The Labute approximate surface area is 131 Å². The molecule has 0 spiro atoms. The van der Waals surface area contributed by atoms with E-state index in [1.807, 2.05) is 9.80 Å². The van der Waals surface area contributed by atoms with E-state index in [9.17, 15) is 4.79 Å². The number of carbonyl (C=O) groups excluding carboxylic acids is 1. The fourth-order valence-corrected chi connectivity index (χ4v) is 4.32. The molecule has 6 heteroatoms. The van der Waals surface area contributed by atoms with Crippen molar-refractivity contribution < 1.29 is 4.79 Å². The standard InChI is InChI=1S/C14H25N3OS2/c1-20-14(12(15)19)6-10-17(11-7-14)13(18)16-8-4-2-3-5-9-16/h2-11H2,1H3,(H2,15,19). The SMILES string of the molecule is CSC1(C(N)=S)CCN(C(=O)N2CCCCCC2)CC1. The van der Waals surface area contributed by atoms with Gasteiger partial charge in [0, 0.05) is 26.2 Å². The molecule has 0 aliphatic carbocycles. The van der Waals surface area contributed by atoms with Gasteiger partial charge in [-0.05, 0) is 31.9 Å². The van der Waals surface area contributed by atoms with E-state index in [-0.39, 0.29) is 10.8 Å². The van der Waals surface area contributed by atoms with Crippen molar-refractivity contribution in [3.05, 3.63) is 0 Å². The average Bonchev–Trinajstić information content (AvgIpc) is 2.75. The summed E-state index contributed by atoms with van der Waals surface area (Å²) in [7, 11) is 0. The minimum Gasteiger partial charge on any atom is -0.392 e. The first-order valence-corrected chi connectivity index (χ1v) is 9.11. The Kier molecular flexibility index (Phi) is 5.55. The van der Waals surface area contributed by atoms with Crippen molar-refractivity contribution in [2.24, 2.45) is 5.73 Å². The third-order valence-electron chi connectivity index (χ3n) is 4.56. The lowest BCUT2D eigenvalue weighted by Gasteiger charge is -2.41. The molecule has 0 atom stereocenters. The summed E-state index contributed by atoms with van der Waals surface area (Å²) in [5.41, 5.74) is 5.89. The van der Waals surface area contributed by atoms with Crippen LogP contribution in [0.15, 0.2) is 0 Å². The van der Waals surface area contributed by atoms with Crippen molar-refractivity contribution in [1.82, 2.24) is 9.80 Å². The van der Waals surface area contributed by atoms with Gasteiger partial charge in [0.1, 0.15) is 0 Å². The fourth-order valence-electron chi connectivity index (χ4n) is 3.07. The predicted molar refractivity (Wildman–Crippen MR) is 89.3 cm³/mol. The van der Waals surface area contributed by atoms with E-state index in [1.165, 1.54) is 12.8 Å². The number of rotatable bonds is 2. The molecule has 2 heterocycles. The van der Waals surface area contributed by atoms with Crippen LogP contribution in [-0.2, 0) is 0 Å². The highest BCUT2D eigenvalue weighted by atomic mass is 32.2. The maximum absolute atomic E-state index is 12.6. The summed E-state index contributed by atoms with van der Waals surface area (Å²) < 4.78 is -0.106. The van der Waals surface area contributed by atoms with Gasteiger partial charge in [0.2, 0.25) is 0 Å². The molecule has 0 radical (unpaired) electrons. The Morgan fingerprint density at radius 2 is 1.55 bits per heavy atom. The number of nitrogens with two attached hydrogens (primary N) is 1. The number of hydrogen-bond donors (Lipinski definition) is 1. The molecule has 2 saturated heterocycles. The largest absolute Gasteiger partial charge is 0.392 e. The van der Waals surface area contributed by atoms with Gasteiger partial charge in [-0.15, -0.1) is 0 Å². The van der Waals surface area contributed by atoms with Gasteiger partial charge in [-0.25, -0.2) is 4.79 Å². The topological polar surface area (TPSA) is 49.6 Å². The molecule has 2 fully saturated rings. The Hall–Kier alpha value is -0.490. The molecule has 0 unspecified atom stereocenters. The van der Waals surface area contributed by atoms with Gasteiger partial charge >= 0.3 is 6.03 Å².